The number of anilines is 1. The van der Waals surface area contributed by atoms with Crippen molar-refractivity contribution in [1.29, 1.82) is 0 Å². The molecular formula is C18H18N6O5. The van der Waals surface area contributed by atoms with Gasteiger partial charge in [0.2, 0.25) is 17.7 Å². The number of amides is 4. The summed E-state index contributed by atoms with van der Waals surface area (Å²) in [5, 5.41) is 8.93. The number of fused-ring (bicyclic) bond motifs is 1. The number of nitrogens with zero attached hydrogens (tertiary/aromatic N) is 3. The van der Waals surface area contributed by atoms with Gasteiger partial charge in [0.05, 0.1) is 11.1 Å². The fraction of sp³-hybridized carbons (Fsp3) is 0.333. The topological polar surface area (TPSA) is 161 Å². The Kier molecular flexibility index (Phi) is 4.80. The van der Waals surface area contributed by atoms with Gasteiger partial charge in [0.15, 0.2) is 0 Å². The van der Waals surface area contributed by atoms with Gasteiger partial charge in [-0.1, -0.05) is 6.07 Å². The molecule has 0 bridgehead atoms. The fourth-order valence-corrected chi connectivity index (χ4v) is 3.36. The quantitative estimate of drug-likeness (QED) is 0.549. The van der Waals surface area contributed by atoms with Crippen molar-refractivity contribution in [3.63, 3.8) is 0 Å². The lowest BCUT2D eigenvalue weighted by Crippen LogP contribution is -2.54. The number of nitrogens with two attached hydrogens (primary N) is 1. The van der Waals surface area contributed by atoms with Crippen molar-refractivity contribution in [3.05, 3.63) is 40.8 Å². The summed E-state index contributed by atoms with van der Waals surface area (Å²) in [6, 6.07) is 3.86. The Morgan fingerprint density at radius 1 is 1.21 bits per heavy atom. The molecule has 0 saturated carbocycles. The Hall–Kier alpha value is -3.60. The first-order valence-corrected chi connectivity index (χ1v) is 9.09. The molecule has 4 rings (SSSR count). The monoisotopic (exact) mass is 398 g/mol. The molecule has 1 aromatic carbocycles. The number of carbonyl (C=O) groups is 4. The zero-order chi connectivity index (χ0) is 20.5. The molecule has 4 N–H and O–H groups in total. The molecule has 2 aliphatic heterocycles. The van der Waals surface area contributed by atoms with Crippen molar-refractivity contribution in [2.24, 2.45) is 5.73 Å². The van der Waals surface area contributed by atoms with Gasteiger partial charge < -0.3 is 15.6 Å². The largest absolute Gasteiger partial charge is 0.348 e. The number of benzene rings is 1. The van der Waals surface area contributed by atoms with Crippen LogP contribution < -0.4 is 16.4 Å². The molecular weight excluding hydrogens is 380 g/mol. The predicted molar refractivity (Wildman–Crippen MR) is 97.5 cm³/mol. The van der Waals surface area contributed by atoms with Crippen molar-refractivity contribution in [1.82, 2.24) is 20.4 Å². The second kappa shape index (κ2) is 7.43. The molecule has 1 atom stereocenters. The SMILES string of the molecule is NCCc1nc(NCc2ccc3c(c2)C(=O)N(C2CCC(=O)NC2=O)C3=O)no1. The molecule has 3 heterocycles. The van der Waals surface area contributed by atoms with Crippen LogP contribution in [-0.4, -0.2) is 51.3 Å². The summed E-state index contributed by atoms with van der Waals surface area (Å²) in [5.41, 5.74) is 6.61. The number of aromatic nitrogens is 2. The minimum Gasteiger partial charge on any atom is -0.348 e. The highest BCUT2D eigenvalue weighted by atomic mass is 16.5. The molecule has 1 aromatic heterocycles. The second-order valence-corrected chi connectivity index (χ2v) is 6.73. The molecule has 150 valence electrons. The molecule has 0 aliphatic carbocycles. The summed E-state index contributed by atoms with van der Waals surface area (Å²) in [4.78, 5) is 54.0. The number of hydrogen-bond acceptors (Lipinski definition) is 9. The Bertz CT molecular complexity index is 1020. The Labute approximate surface area is 164 Å². The van der Waals surface area contributed by atoms with Crippen LogP contribution in [0.15, 0.2) is 22.7 Å². The lowest BCUT2D eigenvalue weighted by molar-refractivity contribution is -0.136. The normalized spacial score (nSPS) is 18.8. The van der Waals surface area contributed by atoms with Crippen LogP contribution in [0.5, 0.6) is 0 Å². The van der Waals surface area contributed by atoms with Crippen LogP contribution >= 0.6 is 0 Å². The summed E-state index contributed by atoms with van der Waals surface area (Å²) >= 11 is 0. The van der Waals surface area contributed by atoms with Crippen molar-refractivity contribution in [2.75, 3.05) is 11.9 Å². The predicted octanol–water partition coefficient (Wildman–Crippen LogP) is -0.416. The average Bonchev–Trinajstić information content (AvgIpc) is 3.24. The van der Waals surface area contributed by atoms with Gasteiger partial charge in [0, 0.05) is 25.9 Å². The first kappa shape index (κ1) is 18.7. The Morgan fingerprint density at radius 3 is 2.76 bits per heavy atom. The number of imide groups is 2. The van der Waals surface area contributed by atoms with Gasteiger partial charge in [-0.05, 0) is 29.3 Å². The summed E-state index contributed by atoms with van der Waals surface area (Å²) < 4.78 is 5.03. The maximum Gasteiger partial charge on any atom is 0.263 e. The lowest BCUT2D eigenvalue weighted by atomic mass is 10.0. The van der Waals surface area contributed by atoms with Crippen LogP contribution in [0, 0.1) is 0 Å². The molecule has 11 heteroatoms. The number of piperidine rings is 1. The van der Waals surface area contributed by atoms with E-state index in [1.807, 2.05) is 0 Å². The zero-order valence-corrected chi connectivity index (χ0v) is 15.3. The van der Waals surface area contributed by atoms with Crippen molar-refractivity contribution < 1.29 is 23.7 Å². The molecule has 11 nitrogen and oxygen atoms in total. The second-order valence-electron chi connectivity index (χ2n) is 6.73. The van der Waals surface area contributed by atoms with Gasteiger partial charge in [-0.2, -0.15) is 4.98 Å². The van der Waals surface area contributed by atoms with Crippen LogP contribution in [0.1, 0.15) is 45.0 Å². The number of carbonyl (C=O) groups excluding carboxylic acids is 4. The maximum atomic E-state index is 12.8. The molecule has 1 saturated heterocycles. The highest BCUT2D eigenvalue weighted by Gasteiger charge is 2.44. The van der Waals surface area contributed by atoms with Gasteiger partial charge in [-0.25, -0.2) is 0 Å². The third-order valence-electron chi connectivity index (χ3n) is 4.78. The fourth-order valence-electron chi connectivity index (χ4n) is 3.36. The minimum atomic E-state index is -0.984. The van der Waals surface area contributed by atoms with E-state index in [9.17, 15) is 19.2 Å². The number of rotatable bonds is 6. The van der Waals surface area contributed by atoms with Gasteiger partial charge >= 0.3 is 0 Å². The van der Waals surface area contributed by atoms with Crippen molar-refractivity contribution in [3.8, 4) is 0 Å². The molecule has 0 radical (unpaired) electrons. The zero-order valence-electron chi connectivity index (χ0n) is 15.3. The van der Waals surface area contributed by atoms with E-state index in [0.29, 0.717) is 31.3 Å². The standard InChI is InChI=1S/C18H18N6O5/c19-6-5-14-22-18(23-29-14)20-8-9-1-2-10-11(7-9)17(28)24(16(10)27)12-3-4-13(25)21-15(12)26/h1-2,7,12H,3-6,8,19H2,(H,20,23)(H,21,25,26). The van der Waals surface area contributed by atoms with E-state index in [4.69, 9.17) is 10.3 Å². The third kappa shape index (κ3) is 3.47. The van der Waals surface area contributed by atoms with Gasteiger partial charge in [0.1, 0.15) is 6.04 Å². The van der Waals surface area contributed by atoms with Crippen LogP contribution in [0.3, 0.4) is 0 Å². The van der Waals surface area contributed by atoms with Gasteiger partial charge in [-0.3, -0.25) is 29.4 Å². The van der Waals surface area contributed by atoms with Crippen molar-refractivity contribution in [2.45, 2.75) is 31.8 Å². The van der Waals surface area contributed by atoms with E-state index >= 15 is 0 Å². The third-order valence-corrected chi connectivity index (χ3v) is 4.78. The molecule has 2 aromatic rings. The van der Waals surface area contributed by atoms with E-state index in [1.54, 1.807) is 18.2 Å². The highest BCUT2D eigenvalue weighted by Crippen LogP contribution is 2.28. The first-order valence-electron chi connectivity index (χ1n) is 9.09. The Morgan fingerprint density at radius 2 is 2.00 bits per heavy atom. The van der Waals surface area contributed by atoms with Crippen LogP contribution in [0.4, 0.5) is 5.95 Å². The summed E-state index contributed by atoms with van der Waals surface area (Å²) in [6.07, 6.45) is 0.670. The molecule has 2 aliphatic rings. The molecule has 4 amide bonds. The van der Waals surface area contributed by atoms with E-state index in [2.05, 4.69) is 20.8 Å². The number of hydrogen-bond donors (Lipinski definition) is 3. The molecule has 0 spiro atoms. The first-order chi connectivity index (χ1) is 14.0. The maximum absolute atomic E-state index is 12.8. The van der Waals surface area contributed by atoms with Gasteiger partial charge in [-0.15, -0.1) is 0 Å². The number of nitrogens with one attached hydrogen (secondary N) is 2. The smallest absolute Gasteiger partial charge is 0.263 e. The van der Waals surface area contributed by atoms with E-state index in [1.165, 1.54) is 0 Å². The lowest BCUT2D eigenvalue weighted by Gasteiger charge is -2.27. The van der Waals surface area contributed by atoms with E-state index in [0.717, 1.165) is 10.5 Å². The minimum absolute atomic E-state index is 0.0792. The summed E-state index contributed by atoms with van der Waals surface area (Å²) in [6.45, 7) is 0.695. The van der Waals surface area contributed by atoms with E-state index in [-0.39, 0.29) is 24.0 Å². The molecule has 1 unspecified atom stereocenters. The van der Waals surface area contributed by atoms with Crippen molar-refractivity contribution >= 4 is 29.6 Å². The summed E-state index contributed by atoms with van der Waals surface area (Å²) in [5.74, 6) is -1.42. The van der Waals surface area contributed by atoms with Crippen LogP contribution in [-0.2, 0) is 22.6 Å². The van der Waals surface area contributed by atoms with Crippen LogP contribution in [0.2, 0.25) is 0 Å². The molecule has 29 heavy (non-hydrogen) atoms. The highest BCUT2D eigenvalue weighted by molar-refractivity contribution is 6.23. The molecule has 1 fully saturated rings. The average molecular weight is 398 g/mol. The van der Waals surface area contributed by atoms with Gasteiger partial charge in [0.25, 0.3) is 17.8 Å². The van der Waals surface area contributed by atoms with E-state index < -0.39 is 29.7 Å². The summed E-state index contributed by atoms with van der Waals surface area (Å²) in [7, 11) is 0. The van der Waals surface area contributed by atoms with Crippen LogP contribution in [0.25, 0.3) is 0 Å². The Balaban J connectivity index is 1.49.